The molecule has 1 N–H and O–H groups in total. The van der Waals surface area contributed by atoms with Crippen molar-refractivity contribution in [2.24, 2.45) is 7.05 Å². The van der Waals surface area contributed by atoms with E-state index in [9.17, 15) is 4.79 Å². The molecule has 1 aliphatic heterocycles. The van der Waals surface area contributed by atoms with Gasteiger partial charge in [-0.05, 0) is 38.1 Å². The van der Waals surface area contributed by atoms with Gasteiger partial charge in [-0.3, -0.25) is 9.48 Å². The molecule has 2 heterocycles. The van der Waals surface area contributed by atoms with Crippen LogP contribution < -0.4 is 5.32 Å². The normalized spacial score (nSPS) is 20.9. The van der Waals surface area contributed by atoms with Crippen molar-refractivity contribution < 1.29 is 9.53 Å². The molecule has 2 aromatic rings. The molecule has 7 heteroatoms. The molecule has 3 rings (SSSR count). The third kappa shape index (κ3) is 3.73. The maximum Gasteiger partial charge on any atom is 0.254 e. The lowest BCUT2D eigenvalue weighted by Gasteiger charge is -2.35. The second kappa shape index (κ2) is 7.00. The Morgan fingerprint density at radius 3 is 2.50 bits per heavy atom. The molecule has 0 spiro atoms. The number of carbonyl (C=O) groups is 1. The minimum atomic E-state index is 0.0550. The van der Waals surface area contributed by atoms with Gasteiger partial charge in [0.25, 0.3) is 5.91 Å². The Labute approximate surface area is 141 Å². The van der Waals surface area contributed by atoms with E-state index in [-0.39, 0.29) is 18.1 Å². The molecule has 2 unspecified atom stereocenters. The first-order chi connectivity index (χ1) is 11.5. The highest BCUT2D eigenvalue weighted by Crippen LogP contribution is 2.16. The van der Waals surface area contributed by atoms with Crippen LogP contribution in [0.25, 0.3) is 0 Å². The molecule has 7 nitrogen and oxygen atoms in total. The predicted molar refractivity (Wildman–Crippen MR) is 90.7 cm³/mol. The van der Waals surface area contributed by atoms with Crippen LogP contribution in [0.1, 0.15) is 29.9 Å². The van der Waals surface area contributed by atoms with E-state index in [1.165, 1.54) is 0 Å². The standard InChI is InChI=1S/C17H23N5O2/c1-12-10-22(11-13(2)24-12)17(23)14-4-6-15(7-5-14)18-8-16-9-19-20-21(16)3/h4-7,9,12-13,18H,8,10-11H2,1-3H3. The summed E-state index contributed by atoms with van der Waals surface area (Å²) < 4.78 is 7.41. The quantitative estimate of drug-likeness (QED) is 0.924. The fourth-order valence-electron chi connectivity index (χ4n) is 2.92. The first-order valence-corrected chi connectivity index (χ1v) is 8.15. The van der Waals surface area contributed by atoms with Crippen molar-refractivity contribution in [2.75, 3.05) is 18.4 Å². The van der Waals surface area contributed by atoms with E-state index in [1.807, 2.05) is 50.1 Å². The van der Waals surface area contributed by atoms with Gasteiger partial charge in [-0.2, -0.15) is 0 Å². The molecule has 0 radical (unpaired) electrons. The number of nitrogens with one attached hydrogen (secondary N) is 1. The minimum Gasteiger partial charge on any atom is -0.379 e. The molecule has 1 aromatic heterocycles. The summed E-state index contributed by atoms with van der Waals surface area (Å²) in [6.45, 7) is 5.90. The Morgan fingerprint density at radius 2 is 1.92 bits per heavy atom. The number of morpholine rings is 1. The highest BCUT2D eigenvalue weighted by molar-refractivity contribution is 5.94. The minimum absolute atomic E-state index is 0.0550. The number of benzene rings is 1. The zero-order valence-electron chi connectivity index (χ0n) is 14.3. The number of hydrogen-bond acceptors (Lipinski definition) is 5. The van der Waals surface area contributed by atoms with Crippen LogP contribution in [-0.2, 0) is 18.3 Å². The van der Waals surface area contributed by atoms with Gasteiger partial charge < -0.3 is 15.0 Å². The zero-order chi connectivity index (χ0) is 17.1. The van der Waals surface area contributed by atoms with Crippen LogP contribution in [-0.4, -0.2) is 51.1 Å². The average molecular weight is 329 g/mol. The van der Waals surface area contributed by atoms with Crippen molar-refractivity contribution in [3.8, 4) is 0 Å². The zero-order valence-corrected chi connectivity index (χ0v) is 14.3. The largest absolute Gasteiger partial charge is 0.379 e. The molecule has 2 atom stereocenters. The maximum atomic E-state index is 12.6. The van der Waals surface area contributed by atoms with Gasteiger partial charge in [0.15, 0.2) is 0 Å². The molecule has 1 aliphatic rings. The van der Waals surface area contributed by atoms with Gasteiger partial charge in [0, 0.05) is 31.4 Å². The van der Waals surface area contributed by atoms with Crippen molar-refractivity contribution in [1.82, 2.24) is 19.9 Å². The van der Waals surface area contributed by atoms with Crippen molar-refractivity contribution >= 4 is 11.6 Å². The average Bonchev–Trinajstić information content (AvgIpc) is 2.97. The Kier molecular flexibility index (Phi) is 4.80. The van der Waals surface area contributed by atoms with E-state index in [2.05, 4.69) is 15.6 Å². The second-order valence-corrected chi connectivity index (χ2v) is 6.25. The molecule has 1 amide bonds. The van der Waals surface area contributed by atoms with Gasteiger partial charge in [0.1, 0.15) is 0 Å². The van der Waals surface area contributed by atoms with Crippen LogP contribution in [0.2, 0.25) is 0 Å². The smallest absolute Gasteiger partial charge is 0.254 e. The van der Waals surface area contributed by atoms with Crippen LogP contribution in [0, 0.1) is 0 Å². The first-order valence-electron chi connectivity index (χ1n) is 8.15. The van der Waals surface area contributed by atoms with E-state index in [0.717, 1.165) is 11.4 Å². The lowest BCUT2D eigenvalue weighted by atomic mass is 10.1. The van der Waals surface area contributed by atoms with Gasteiger partial charge in [0.05, 0.1) is 30.6 Å². The third-order valence-electron chi connectivity index (χ3n) is 4.12. The van der Waals surface area contributed by atoms with E-state index < -0.39 is 0 Å². The Bertz CT molecular complexity index is 687. The SMILES string of the molecule is CC1CN(C(=O)c2ccc(NCc3cnnn3C)cc2)CC(C)O1. The summed E-state index contributed by atoms with van der Waals surface area (Å²) in [7, 11) is 1.86. The summed E-state index contributed by atoms with van der Waals surface area (Å²) in [5, 5.41) is 11.0. The summed E-state index contributed by atoms with van der Waals surface area (Å²) in [4.78, 5) is 14.5. The van der Waals surface area contributed by atoms with Crippen molar-refractivity contribution in [1.29, 1.82) is 0 Å². The van der Waals surface area contributed by atoms with Gasteiger partial charge in [-0.25, -0.2) is 0 Å². The number of nitrogens with zero attached hydrogens (tertiary/aromatic N) is 4. The van der Waals surface area contributed by atoms with Crippen LogP contribution >= 0.6 is 0 Å². The van der Waals surface area contributed by atoms with Gasteiger partial charge in [0.2, 0.25) is 0 Å². The number of aryl methyl sites for hydroxylation is 1. The maximum absolute atomic E-state index is 12.6. The van der Waals surface area contributed by atoms with E-state index in [1.54, 1.807) is 10.9 Å². The van der Waals surface area contributed by atoms with Crippen LogP contribution in [0.15, 0.2) is 30.5 Å². The van der Waals surface area contributed by atoms with Crippen molar-refractivity contribution in [3.05, 3.63) is 41.7 Å². The van der Waals surface area contributed by atoms with E-state index in [4.69, 9.17) is 4.74 Å². The summed E-state index contributed by atoms with van der Waals surface area (Å²) in [5.74, 6) is 0.0550. The number of carbonyl (C=O) groups excluding carboxylic acids is 1. The van der Waals surface area contributed by atoms with E-state index in [0.29, 0.717) is 25.2 Å². The lowest BCUT2D eigenvalue weighted by Crippen LogP contribution is -2.48. The fraction of sp³-hybridized carbons (Fsp3) is 0.471. The van der Waals surface area contributed by atoms with Gasteiger partial charge in [-0.15, -0.1) is 5.10 Å². The molecule has 0 aliphatic carbocycles. The molecule has 128 valence electrons. The van der Waals surface area contributed by atoms with E-state index >= 15 is 0 Å². The number of rotatable bonds is 4. The predicted octanol–water partition coefficient (Wildman–Crippen LogP) is 1.68. The molecule has 24 heavy (non-hydrogen) atoms. The van der Waals surface area contributed by atoms with Crippen molar-refractivity contribution in [2.45, 2.75) is 32.6 Å². The van der Waals surface area contributed by atoms with Crippen molar-refractivity contribution in [3.63, 3.8) is 0 Å². The number of ether oxygens (including phenoxy) is 1. The molecule has 1 aromatic carbocycles. The third-order valence-corrected chi connectivity index (χ3v) is 4.12. The molecule has 0 bridgehead atoms. The molecular formula is C17H23N5O2. The van der Waals surface area contributed by atoms with Gasteiger partial charge >= 0.3 is 0 Å². The number of amides is 1. The molecular weight excluding hydrogens is 306 g/mol. The monoisotopic (exact) mass is 329 g/mol. The fourth-order valence-corrected chi connectivity index (χ4v) is 2.92. The number of anilines is 1. The Morgan fingerprint density at radius 1 is 1.25 bits per heavy atom. The summed E-state index contributed by atoms with van der Waals surface area (Å²) in [6, 6.07) is 7.56. The highest BCUT2D eigenvalue weighted by atomic mass is 16.5. The Hall–Kier alpha value is -2.41. The highest BCUT2D eigenvalue weighted by Gasteiger charge is 2.26. The van der Waals surface area contributed by atoms with Crippen LogP contribution in [0.3, 0.4) is 0 Å². The molecule has 0 saturated carbocycles. The Balaban J connectivity index is 1.61. The van der Waals surface area contributed by atoms with Gasteiger partial charge in [-0.1, -0.05) is 5.21 Å². The number of aromatic nitrogens is 3. The summed E-state index contributed by atoms with van der Waals surface area (Å²) in [5.41, 5.74) is 2.65. The lowest BCUT2D eigenvalue weighted by molar-refractivity contribution is -0.0586. The summed E-state index contributed by atoms with van der Waals surface area (Å²) >= 11 is 0. The molecule has 1 saturated heterocycles. The van der Waals surface area contributed by atoms with Crippen LogP contribution in [0.5, 0.6) is 0 Å². The topological polar surface area (TPSA) is 72.3 Å². The summed E-state index contributed by atoms with van der Waals surface area (Å²) in [6.07, 6.45) is 1.88. The first kappa shape index (κ1) is 16.4. The van der Waals surface area contributed by atoms with Crippen LogP contribution in [0.4, 0.5) is 5.69 Å². The number of hydrogen-bond donors (Lipinski definition) is 1. The second-order valence-electron chi connectivity index (χ2n) is 6.25. The molecule has 1 fully saturated rings.